The highest BCUT2D eigenvalue weighted by atomic mass is 79.9. The maximum Gasteiger partial charge on any atom is 0.573 e. The summed E-state index contributed by atoms with van der Waals surface area (Å²) in [4.78, 5) is 0. The smallest absolute Gasteiger partial charge is 0.406 e. The van der Waals surface area contributed by atoms with Crippen molar-refractivity contribution in [1.29, 1.82) is 0 Å². The minimum atomic E-state index is -4.85. The molecule has 124 valence electrons. The zero-order chi connectivity index (χ0) is 17.3. The average molecular weight is 399 g/mol. The number of halogens is 7. The van der Waals surface area contributed by atoms with E-state index in [0.717, 1.165) is 30.3 Å². The topological polar surface area (TPSA) is 9.23 Å². The molecule has 0 radical (unpaired) electrons. The van der Waals surface area contributed by atoms with Crippen LogP contribution in [0, 0.1) is 0 Å². The molecule has 0 amide bonds. The molecule has 0 aromatic heterocycles. The molecular weight excluding hydrogens is 390 g/mol. The van der Waals surface area contributed by atoms with E-state index in [4.69, 9.17) is 0 Å². The summed E-state index contributed by atoms with van der Waals surface area (Å²) in [6, 6.07) is 8.06. The molecule has 0 N–H and O–H groups in total. The van der Waals surface area contributed by atoms with Gasteiger partial charge in [0, 0.05) is 5.33 Å². The lowest BCUT2D eigenvalue weighted by Crippen LogP contribution is -2.17. The Morgan fingerprint density at radius 2 is 1.48 bits per heavy atom. The number of hydrogen-bond acceptors (Lipinski definition) is 1. The van der Waals surface area contributed by atoms with Crippen LogP contribution in [0.4, 0.5) is 26.3 Å². The van der Waals surface area contributed by atoms with Gasteiger partial charge in [-0.05, 0) is 34.9 Å². The van der Waals surface area contributed by atoms with Gasteiger partial charge in [-0.1, -0.05) is 40.2 Å². The highest BCUT2D eigenvalue weighted by molar-refractivity contribution is 9.08. The number of hydrogen-bond donors (Lipinski definition) is 0. The van der Waals surface area contributed by atoms with E-state index in [2.05, 4.69) is 20.7 Å². The molecule has 0 aliphatic carbocycles. The van der Waals surface area contributed by atoms with Gasteiger partial charge in [-0.3, -0.25) is 0 Å². The molecule has 0 aliphatic rings. The first kappa shape index (κ1) is 17.7. The van der Waals surface area contributed by atoms with Crippen LogP contribution < -0.4 is 4.74 Å². The van der Waals surface area contributed by atoms with E-state index in [9.17, 15) is 26.3 Å². The van der Waals surface area contributed by atoms with Crippen LogP contribution in [0.2, 0.25) is 0 Å². The lowest BCUT2D eigenvalue weighted by atomic mass is 9.97. The van der Waals surface area contributed by atoms with Crippen molar-refractivity contribution in [1.82, 2.24) is 0 Å². The zero-order valence-corrected chi connectivity index (χ0v) is 12.9. The lowest BCUT2D eigenvalue weighted by molar-refractivity contribution is -0.274. The highest BCUT2D eigenvalue weighted by Gasteiger charge is 2.34. The minimum absolute atomic E-state index is 0.110. The average Bonchev–Trinajstić information content (AvgIpc) is 2.45. The van der Waals surface area contributed by atoms with E-state index in [-0.39, 0.29) is 16.5 Å². The van der Waals surface area contributed by atoms with E-state index >= 15 is 0 Å². The third-order valence-electron chi connectivity index (χ3n) is 2.94. The Balaban J connectivity index is 2.42. The third kappa shape index (κ3) is 4.63. The fourth-order valence-corrected chi connectivity index (χ4v) is 2.35. The molecule has 2 aromatic rings. The molecule has 0 saturated heterocycles. The molecule has 0 heterocycles. The van der Waals surface area contributed by atoms with Gasteiger partial charge >= 0.3 is 12.5 Å². The minimum Gasteiger partial charge on any atom is -0.406 e. The van der Waals surface area contributed by atoms with Crippen LogP contribution in [-0.2, 0) is 11.5 Å². The van der Waals surface area contributed by atoms with Crippen LogP contribution in [0.25, 0.3) is 11.1 Å². The molecule has 0 saturated carbocycles. The summed E-state index contributed by atoms with van der Waals surface area (Å²) in [5.74, 6) is -0.494. The molecule has 0 spiro atoms. The molecule has 2 rings (SSSR count). The van der Waals surface area contributed by atoms with Crippen molar-refractivity contribution < 1.29 is 31.1 Å². The van der Waals surface area contributed by atoms with E-state index in [1.807, 2.05) is 0 Å². The quantitative estimate of drug-likeness (QED) is 0.444. The van der Waals surface area contributed by atoms with Gasteiger partial charge in [-0.25, -0.2) is 0 Å². The molecule has 2 aromatic carbocycles. The van der Waals surface area contributed by atoms with Gasteiger partial charge in [-0.15, -0.1) is 13.2 Å². The molecule has 23 heavy (non-hydrogen) atoms. The largest absolute Gasteiger partial charge is 0.573 e. The van der Waals surface area contributed by atoms with Crippen LogP contribution in [-0.4, -0.2) is 6.36 Å². The van der Waals surface area contributed by atoms with Crippen LogP contribution in [0.3, 0.4) is 0 Å². The summed E-state index contributed by atoms with van der Waals surface area (Å²) in [5.41, 5.74) is -0.370. The van der Waals surface area contributed by atoms with E-state index in [1.165, 1.54) is 12.1 Å². The van der Waals surface area contributed by atoms with Crippen molar-refractivity contribution in [3.8, 4) is 16.9 Å². The Bertz CT molecular complexity index is 676. The summed E-state index contributed by atoms with van der Waals surface area (Å²) in [6.45, 7) is 0. The molecule has 0 atom stereocenters. The van der Waals surface area contributed by atoms with Crippen LogP contribution in [0.15, 0.2) is 42.5 Å². The van der Waals surface area contributed by atoms with Gasteiger partial charge in [0.05, 0.1) is 5.56 Å². The number of alkyl halides is 7. The fourth-order valence-electron chi connectivity index (χ4n) is 2.00. The van der Waals surface area contributed by atoms with Gasteiger partial charge < -0.3 is 4.74 Å². The summed E-state index contributed by atoms with van der Waals surface area (Å²) in [6.07, 6.45) is -9.43. The van der Waals surface area contributed by atoms with Crippen molar-refractivity contribution >= 4 is 15.9 Å². The number of benzene rings is 2. The zero-order valence-electron chi connectivity index (χ0n) is 11.3. The Hall–Kier alpha value is -1.70. The predicted molar refractivity (Wildman–Crippen MR) is 76.2 cm³/mol. The second-order valence-electron chi connectivity index (χ2n) is 4.58. The first-order valence-electron chi connectivity index (χ1n) is 6.22. The SMILES string of the molecule is FC(F)(F)Oc1ccc(-c2ccc(CBr)cc2C(F)(F)F)cc1. The Morgan fingerprint density at radius 3 is 1.96 bits per heavy atom. The van der Waals surface area contributed by atoms with Gasteiger partial charge in [0.25, 0.3) is 0 Å². The third-order valence-corrected chi connectivity index (χ3v) is 3.59. The Labute approximate surface area is 136 Å². The maximum absolute atomic E-state index is 13.2. The van der Waals surface area contributed by atoms with Crippen molar-refractivity contribution in [2.24, 2.45) is 0 Å². The number of ether oxygens (including phenoxy) is 1. The van der Waals surface area contributed by atoms with Gasteiger partial charge in [-0.2, -0.15) is 13.2 Å². The standard InChI is InChI=1S/C15H9BrF6O/c16-8-9-1-6-12(13(7-9)14(17,18)19)10-2-4-11(5-3-10)23-15(20,21)22/h1-7H,8H2. The lowest BCUT2D eigenvalue weighted by Gasteiger charge is -2.15. The van der Waals surface area contributed by atoms with Crippen LogP contribution in [0.1, 0.15) is 11.1 Å². The van der Waals surface area contributed by atoms with Crippen LogP contribution in [0.5, 0.6) is 5.75 Å². The normalized spacial score (nSPS) is 12.3. The molecule has 8 heteroatoms. The second-order valence-corrected chi connectivity index (χ2v) is 5.14. The first-order valence-corrected chi connectivity index (χ1v) is 7.34. The summed E-state index contributed by atoms with van der Waals surface area (Å²) in [7, 11) is 0. The summed E-state index contributed by atoms with van der Waals surface area (Å²) < 4.78 is 79.5. The van der Waals surface area contributed by atoms with E-state index < -0.39 is 23.9 Å². The Kier molecular flexibility index (Phi) is 4.93. The highest BCUT2D eigenvalue weighted by Crippen LogP contribution is 2.38. The number of rotatable bonds is 3. The van der Waals surface area contributed by atoms with Crippen molar-refractivity contribution in [3.63, 3.8) is 0 Å². The van der Waals surface area contributed by atoms with Gasteiger partial charge in [0.2, 0.25) is 0 Å². The monoisotopic (exact) mass is 398 g/mol. The van der Waals surface area contributed by atoms with Gasteiger partial charge in [0.1, 0.15) is 5.75 Å². The summed E-state index contributed by atoms with van der Waals surface area (Å²) >= 11 is 3.09. The van der Waals surface area contributed by atoms with Gasteiger partial charge in [0.15, 0.2) is 0 Å². The first-order chi connectivity index (χ1) is 10.6. The van der Waals surface area contributed by atoms with Crippen LogP contribution >= 0.6 is 15.9 Å². The second kappa shape index (κ2) is 6.43. The van der Waals surface area contributed by atoms with E-state index in [0.29, 0.717) is 5.56 Å². The molecule has 1 nitrogen and oxygen atoms in total. The molecule has 0 bridgehead atoms. The summed E-state index contributed by atoms with van der Waals surface area (Å²) in [5, 5.41) is 0.259. The van der Waals surface area contributed by atoms with E-state index in [1.54, 1.807) is 0 Å². The molecule has 0 aliphatic heterocycles. The maximum atomic E-state index is 13.2. The fraction of sp³-hybridized carbons (Fsp3) is 0.200. The Morgan fingerprint density at radius 1 is 0.870 bits per heavy atom. The molecule has 0 unspecified atom stereocenters. The van der Waals surface area contributed by atoms with Crippen molar-refractivity contribution in [2.75, 3.05) is 0 Å². The van der Waals surface area contributed by atoms with Crippen molar-refractivity contribution in [2.45, 2.75) is 17.9 Å². The predicted octanol–water partition coefficient (Wildman–Crippen LogP) is 6.17. The molecular formula is C15H9BrF6O. The molecule has 0 fully saturated rings. The van der Waals surface area contributed by atoms with Crippen molar-refractivity contribution in [3.05, 3.63) is 53.6 Å².